The predicted octanol–water partition coefficient (Wildman–Crippen LogP) is 3.02. The van der Waals surface area contributed by atoms with Gasteiger partial charge in [0.25, 0.3) is 0 Å². The molecule has 0 unspecified atom stereocenters. The van der Waals surface area contributed by atoms with Gasteiger partial charge in [-0.1, -0.05) is 31.4 Å². The van der Waals surface area contributed by atoms with Crippen LogP contribution >= 0.6 is 0 Å². The molecule has 4 heteroatoms. The summed E-state index contributed by atoms with van der Waals surface area (Å²) >= 11 is 0. The minimum Gasteiger partial charge on any atom is -0.491 e. The summed E-state index contributed by atoms with van der Waals surface area (Å²) in [6, 6.07) is 8.32. The van der Waals surface area contributed by atoms with Crippen molar-refractivity contribution in [3.05, 3.63) is 29.8 Å². The van der Waals surface area contributed by atoms with Crippen LogP contribution in [0.2, 0.25) is 0 Å². The summed E-state index contributed by atoms with van der Waals surface area (Å²) in [6.07, 6.45) is 6.34. The Hall–Kier alpha value is -1.55. The van der Waals surface area contributed by atoms with Gasteiger partial charge in [-0.2, -0.15) is 0 Å². The Labute approximate surface area is 121 Å². The Bertz CT molecular complexity index is 451. The highest BCUT2D eigenvalue weighted by molar-refractivity contribution is 5.98. The highest BCUT2D eigenvalue weighted by Gasteiger charge is 2.14. The Morgan fingerprint density at radius 2 is 2.05 bits per heavy atom. The standard InChI is InChI=1S/C16H25N3O/c1-12(2)20-15-10-6-7-13(11-15)16(19-17)18-14-8-4-3-5-9-14/h6-7,10-12,14H,3-5,8-9,17H2,1-2H3,(H,18,19). The summed E-state index contributed by atoms with van der Waals surface area (Å²) in [5.41, 5.74) is 3.72. The van der Waals surface area contributed by atoms with Crippen LogP contribution in [0.3, 0.4) is 0 Å². The van der Waals surface area contributed by atoms with E-state index in [0.717, 1.165) is 30.0 Å². The van der Waals surface area contributed by atoms with Gasteiger partial charge < -0.3 is 10.2 Å². The van der Waals surface area contributed by atoms with E-state index in [1.807, 2.05) is 38.1 Å². The number of aliphatic imine (C=N–C) groups is 1. The fourth-order valence-corrected chi connectivity index (χ4v) is 2.58. The number of nitrogens with one attached hydrogen (secondary N) is 1. The molecule has 1 aliphatic rings. The predicted molar refractivity (Wildman–Crippen MR) is 82.9 cm³/mol. The van der Waals surface area contributed by atoms with E-state index in [4.69, 9.17) is 15.6 Å². The summed E-state index contributed by atoms with van der Waals surface area (Å²) in [7, 11) is 0. The number of nitrogens with two attached hydrogens (primary N) is 1. The van der Waals surface area contributed by atoms with E-state index in [9.17, 15) is 0 Å². The highest BCUT2D eigenvalue weighted by Crippen LogP contribution is 2.21. The summed E-state index contributed by atoms with van der Waals surface area (Å²) in [5.74, 6) is 7.26. The van der Waals surface area contributed by atoms with Gasteiger partial charge in [-0.25, -0.2) is 5.84 Å². The van der Waals surface area contributed by atoms with E-state index in [2.05, 4.69) is 5.43 Å². The molecule has 0 aliphatic heterocycles. The Kier molecular flexibility index (Phi) is 5.41. The van der Waals surface area contributed by atoms with Crippen molar-refractivity contribution in [2.45, 2.75) is 58.1 Å². The normalized spacial score (nSPS) is 17.3. The second kappa shape index (κ2) is 7.29. The van der Waals surface area contributed by atoms with E-state index in [1.165, 1.54) is 19.3 Å². The first kappa shape index (κ1) is 14.9. The summed E-state index contributed by atoms with van der Waals surface area (Å²) in [5, 5.41) is 0. The lowest BCUT2D eigenvalue weighted by Gasteiger charge is -2.19. The Balaban J connectivity index is 2.15. The minimum atomic E-state index is 0.162. The third-order valence-electron chi connectivity index (χ3n) is 3.50. The van der Waals surface area contributed by atoms with Crippen LogP contribution in [0.5, 0.6) is 5.75 Å². The van der Waals surface area contributed by atoms with Crippen LogP contribution in [-0.2, 0) is 0 Å². The number of hydrogen-bond acceptors (Lipinski definition) is 3. The maximum atomic E-state index is 5.72. The SMILES string of the molecule is CC(C)Oc1cccc(C(=NC2CCCCC2)NN)c1. The second-order valence-corrected chi connectivity index (χ2v) is 5.61. The van der Waals surface area contributed by atoms with Crippen LogP contribution in [0, 0.1) is 0 Å². The third kappa shape index (κ3) is 4.23. The van der Waals surface area contributed by atoms with E-state index < -0.39 is 0 Å². The van der Waals surface area contributed by atoms with Crippen LogP contribution in [0.25, 0.3) is 0 Å². The maximum absolute atomic E-state index is 5.72. The number of benzene rings is 1. The molecule has 0 heterocycles. The monoisotopic (exact) mass is 275 g/mol. The average Bonchev–Trinajstić information content (AvgIpc) is 2.45. The van der Waals surface area contributed by atoms with Gasteiger partial charge in [-0.3, -0.25) is 4.99 Å². The fourth-order valence-electron chi connectivity index (χ4n) is 2.58. The summed E-state index contributed by atoms with van der Waals surface area (Å²) < 4.78 is 5.72. The molecule has 2 rings (SSSR count). The van der Waals surface area contributed by atoms with Crippen LogP contribution in [0.15, 0.2) is 29.3 Å². The average molecular weight is 275 g/mol. The van der Waals surface area contributed by atoms with Gasteiger partial charge in [0.1, 0.15) is 11.6 Å². The molecule has 0 aromatic heterocycles. The van der Waals surface area contributed by atoms with Gasteiger partial charge in [0, 0.05) is 5.56 Å². The molecule has 110 valence electrons. The molecule has 0 atom stereocenters. The van der Waals surface area contributed by atoms with Crippen LogP contribution in [-0.4, -0.2) is 18.0 Å². The van der Waals surface area contributed by atoms with E-state index in [1.54, 1.807) is 0 Å². The molecule has 3 N–H and O–H groups in total. The van der Waals surface area contributed by atoms with E-state index in [0.29, 0.717) is 6.04 Å². The minimum absolute atomic E-state index is 0.162. The molecular weight excluding hydrogens is 250 g/mol. The number of rotatable bonds is 4. The molecule has 0 spiro atoms. The molecule has 1 saturated carbocycles. The lowest BCUT2D eigenvalue weighted by molar-refractivity contribution is 0.242. The molecule has 0 radical (unpaired) electrons. The Morgan fingerprint density at radius 3 is 2.70 bits per heavy atom. The number of hydrazine groups is 1. The van der Waals surface area contributed by atoms with Crippen molar-refractivity contribution in [2.75, 3.05) is 0 Å². The first-order valence-electron chi connectivity index (χ1n) is 7.50. The summed E-state index contributed by atoms with van der Waals surface area (Å²) in [4.78, 5) is 4.77. The zero-order chi connectivity index (χ0) is 14.4. The van der Waals surface area contributed by atoms with Crippen molar-refractivity contribution in [3.63, 3.8) is 0 Å². The number of ether oxygens (including phenoxy) is 1. The highest BCUT2D eigenvalue weighted by atomic mass is 16.5. The van der Waals surface area contributed by atoms with E-state index in [-0.39, 0.29) is 6.10 Å². The van der Waals surface area contributed by atoms with Crippen molar-refractivity contribution >= 4 is 5.84 Å². The van der Waals surface area contributed by atoms with Crippen molar-refractivity contribution in [2.24, 2.45) is 10.8 Å². The third-order valence-corrected chi connectivity index (χ3v) is 3.50. The lowest BCUT2D eigenvalue weighted by Crippen LogP contribution is -2.32. The molecule has 4 nitrogen and oxygen atoms in total. The van der Waals surface area contributed by atoms with Gasteiger partial charge in [-0.05, 0) is 38.8 Å². The maximum Gasteiger partial charge on any atom is 0.142 e. The van der Waals surface area contributed by atoms with Crippen molar-refractivity contribution in [1.29, 1.82) is 0 Å². The van der Waals surface area contributed by atoms with Crippen molar-refractivity contribution in [1.82, 2.24) is 5.43 Å². The Morgan fingerprint density at radius 1 is 1.30 bits per heavy atom. The first-order chi connectivity index (χ1) is 9.69. The largest absolute Gasteiger partial charge is 0.491 e. The van der Waals surface area contributed by atoms with Crippen LogP contribution < -0.4 is 16.0 Å². The van der Waals surface area contributed by atoms with Gasteiger partial charge in [-0.15, -0.1) is 0 Å². The topological polar surface area (TPSA) is 59.6 Å². The lowest BCUT2D eigenvalue weighted by atomic mass is 9.96. The van der Waals surface area contributed by atoms with Crippen LogP contribution in [0.1, 0.15) is 51.5 Å². The van der Waals surface area contributed by atoms with Crippen LogP contribution in [0.4, 0.5) is 0 Å². The van der Waals surface area contributed by atoms with Gasteiger partial charge in [0.15, 0.2) is 0 Å². The molecule has 1 aliphatic carbocycles. The molecule has 20 heavy (non-hydrogen) atoms. The zero-order valence-corrected chi connectivity index (χ0v) is 12.4. The first-order valence-corrected chi connectivity index (χ1v) is 7.50. The number of hydrogen-bond donors (Lipinski definition) is 2. The fraction of sp³-hybridized carbons (Fsp3) is 0.562. The molecule has 1 aromatic carbocycles. The molecule has 0 saturated heterocycles. The molecule has 0 bridgehead atoms. The van der Waals surface area contributed by atoms with Crippen molar-refractivity contribution < 1.29 is 4.74 Å². The van der Waals surface area contributed by atoms with Crippen molar-refractivity contribution in [3.8, 4) is 5.75 Å². The van der Waals surface area contributed by atoms with Gasteiger partial charge in [0.05, 0.1) is 12.1 Å². The smallest absolute Gasteiger partial charge is 0.142 e. The van der Waals surface area contributed by atoms with Gasteiger partial charge in [0.2, 0.25) is 0 Å². The quantitative estimate of drug-likeness (QED) is 0.384. The molecule has 1 fully saturated rings. The molecular formula is C16H25N3O. The molecule has 0 amide bonds. The summed E-state index contributed by atoms with van der Waals surface area (Å²) in [6.45, 7) is 4.04. The molecule has 1 aromatic rings. The number of amidine groups is 1. The van der Waals surface area contributed by atoms with E-state index >= 15 is 0 Å². The number of nitrogens with zero attached hydrogens (tertiary/aromatic N) is 1. The zero-order valence-electron chi connectivity index (χ0n) is 12.4. The second-order valence-electron chi connectivity index (χ2n) is 5.61. The van der Waals surface area contributed by atoms with Gasteiger partial charge >= 0.3 is 0 Å².